The van der Waals surface area contributed by atoms with E-state index < -0.39 is 0 Å². The third kappa shape index (κ3) is 4.44. The molecule has 0 aliphatic rings. The molecule has 0 fully saturated rings. The zero-order valence-corrected chi connectivity index (χ0v) is 11.9. The molecular weight excluding hydrogens is 282 g/mol. The molecule has 1 atom stereocenters. The van der Waals surface area contributed by atoms with Gasteiger partial charge in [0.05, 0.1) is 11.4 Å². The first-order valence-corrected chi connectivity index (χ1v) is 6.38. The van der Waals surface area contributed by atoms with Gasteiger partial charge in [-0.1, -0.05) is 13.8 Å². The fraction of sp³-hybridized carbons (Fsp3) is 0.500. The Morgan fingerprint density at radius 1 is 1.53 bits per heavy atom. The molecule has 1 amide bonds. The van der Waals surface area contributed by atoms with Crippen molar-refractivity contribution in [1.29, 1.82) is 0 Å². The quantitative estimate of drug-likeness (QED) is 0.839. The SMILES string of the molecule is Cc1nc(Br)ccc1NC(=O)CC(N)C(C)C. The highest BCUT2D eigenvalue weighted by atomic mass is 79.9. The molecular formula is C12H18BrN3O. The maximum absolute atomic E-state index is 11.7. The lowest BCUT2D eigenvalue weighted by atomic mass is 10.0. The second kappa shape index (κ2) is 6.12. The molecule has 3 N–H and O–H groups in total. The summed E-state index contributed by atoms with van der Waals surface area (Å²) in [6.45, 7) is 5.86. The Labute approximate surface area is 110 Å². The lowest BCUT2D eigenvalue weighted by molar-refractivity contribution is -0.116. The van der Waals surface area contributed by atoms with Gasteiger partial charge in [-0.15, -0.1) is 0 Å². The van der Waals surface area contributed by atoms with Crippen molar-refractivity contribution in [3.63, 3.8) is 0 Å². The van der Waals surface area contributed by atoms with E-state index in [0.717, 1.165) is 16.0 Å². The van der Waals surface area contributed by atoms with Crippen LogP contribution < -0.4 is 11.1 Å². The number of amides is 1. The van der Waals surface area contributed by atoms with Gasteiger partial charge in [-0.25, -0.2) is 4.98 Å². The van der Waals surface area contributed by atoms with Crippen molar-refractivity contribution in [2.24, 2.45) is 11.7 Å². The van der Waals surface area contributed by atoms with Crippen molar-refractivity contribution >= 4 is 27.5 Å². The number of aromatic nitrogens is 1. The fourth-order valence-corrected chi connectivity index (χ4v) is 1.71. The molecule has 0 saturated heterocycles. The molecule has 17 heavy (non-hydrogen) atoms. The Balaban J connectivity index is 2.62. The average molecular weight is 300 g/mol. The highest BCUT2D eigenvalue weighted by Gasteiger charge is 2.13. The Bertz CT molecular complexity index is 407. The predicted octanol–water partition coefficient (Wildman–Crippen LogP) is 2.46. The molecule has 1 unspecified atom stereocenters. The highest BCUT2D eigenvalue weighted by molar-refractivity contribution is 9.10. The number of hydrogen-bond acceptors (Lipinski definition) is 3. The average Bonchev–Trinajstić information content (AvgIpc) is 2.22. The number of nitrogens with two attached hydrogens (primary N) is 1. The van der Waals surface area contributed by atoms with Crippen molar-refractivity contribution in [2.45, 2.75) is 33.2 Å². The minimum absolute atomic E-state index is 0.0709. The normalized spacial score (nSPS) is 12.6. The van der Waals surface area contributed by atoms with Crippen LogP contribution in [-0.4, -0.2) is 16.9 Å². The summed E-state index contributed by atoms with van der Waals surface area (Å²) in [6.07, 6.45) is 0.327. The predicted molar refractivity (Wildman–Crippen MR) is 72.7 cm³/mol. The van der Waals surface area contributed by atoms with Gasteiger partial charge in [0.2, 0.25) is 5.91 Å². The molecule has 0 saturated carbocycles. The molecule has 1 aromatic rings. The number of carbonyl (C=O) groups is 1. The van der Waals surface area contributed by atoms with Crippen LogP contribution in [-0.2, 0) is 4.79 Å². The summed E-state index contributed by atoms with van der Waals surface area (Å²) >= 11 is 3.28. The van der Waals surface area contributed by atoms with E-state index in [4.69, 9.17) is 5.73 Å². The van der Waals surface area contributed by atoms with E-state index in [9.17, 15) is 4.79 Å². The Hall–Kier alpha value is -0.940. The van der Waals surface area contributed by atoms with Crippen molar-refractivity contribution in [3.05, 3.63) is 22.4 Å². The van der Waals surface area contributed by atoms with Crippen molar-refractivity contribution < 1.29 is 4.79 Å². The van der Waals surface area contributed by atoms with Crippen LogP contribution in [0.15, 0.2) is 16.7 Å². The zero-order valence-electron chi connectivity index (χ0n) is 10.3. The number of hydrogen-bond donors (Lipinski definition) is 2. The van der Waals surface area contributed by atoms with Crippen LogP contribution in [0.5, 0.6) is 0 Å². The first kappa shape index (κ1) is 14.1. The van der Waals surface area contributed by atoms with Gasteiger partial charge in [0, 0.05) is 12.5 Å². The van der Waals surface area contributed by atoms with E-state index in [2.05, 4.69) is 26.2 Å². The zero-order chi connectivity index (χ0) is 13.0. The van der Waals surface area contributed by atoms with Crippen LogP contribution in [0.4, 0.5) is 5.69 Å². The van der Waals surface area contributed by atoms with E-state index >= 15 is 0 Å². The van der Waals surface area contributed by atoms with Gasteiger partial charge in [-0.2, -0.15) is 0 Å². The second-order valence-electron chi connectivity index (χ2n) is 4.43. The molecule has 0 spiro atoms. The molecule has 1 rings (SSSR count). The molecule has 0 aliphatic heterocycles. The molecule has 94 valence electrons. The molecule has 0 bridgehead atoms. The molecule has 0 radical (unpaired) electrons. The summed E-state index contributed by atoms with van der Waals surface area (Å²) in [4.78, 5) is 15.9. The number of anilines is 1. The molecule has 0 aliphatic carbocycles. The van der Waals surface area contributed by atoms with Crippen LogP contribution in [0.25, 0.3) is 0 Å². The number of halogens is 1. The number of pyridine rings is 1. The number of nitrogens with zero attached hydrogens (tertiary/aromatic N) is 1. The maximum atomic E-state index is 11.7. The third-order valence-corrected chi connectivity index (χ3v) is 3.04. The minimum atomic E-state index is -0.112. The molecule has 5 heteroatoms. The lowest BCUT2D eigenvalue weighted by Gasteiger charge is -2.15. The lowest BCUT2D eigenvalue weighted by Crippen LogP contribution is -2.31. The smallest absolute Gasteiger partial charge is 0.225 e. The standard InChI is InChI=1S/C12H18BrN3O/c1-7(2)9(14)6-12(17)16-10-4-5-11(13)15-8(10)3/h4-5,7,9H,6,14H2,1-3H3,(H,16,17). The molecule has 0 aromatic carbocycles. The van der Waals surface area contributed by atoms with Crippen LogP contribution in [0.2, 0.25) is 0 Å². The first-order chi connectivity index (χ1) is 7.90. The van der Waals surface area contributed by atoms with Crippen LogP contribution in [0, 0.1) is 12.8 Å². The van der Waals surface area contributed by atoms with Gasteiger partial charge in [0.15, 0.2) is 0 Å². The van der Waals surface area contributed by atoms with Crippen molar-refractivity contribution in [2.75, 3.05) is 5.32 Å². The maximum Gasteiger partial charge on any atom is 0.225 e. The Kier molecular flexibility index (Phi) is 5.08. The van der Waals surface area contributed by atoms with E-state index in [1.165, 1.54) is 0 Å². The highest BCUT2D eigenvalue weighted by Crippen LogP contribution is 2.16. The number of nitrogens with one attached hydrogen (secondary N) is 1. The molecule has 1 heterocycles. The number of aryl methyl sites for hydroxylation is 1. The number of carbonyl (C=O) groups excluding carboxylic acids is 1. The summed E-state index contributed by atoms with van der Waals surface area (Å²) in [5.41, 5.74) is 7.36. The number of rotatable bonds is 4. The van der Waals surface area contributed by atoms with Crippen LogP contribution in [0.3, 0.4) is 0 Å². The fourth-order valence-electron chi connectivity index (χ4n) is 1.31. The Morgan fingerprint density at radius 2 is 2.18 bits per heavy atom. The molecule has 4 nitrogen and oxygen atoms in total. The largest absolute Gasteiger partial charge is 0.327 e. The monoisotopic (exact) mass is 299 g/mol. The summed E-state index contributed by atoms with van der Waals surface area (Å²) in [5, 5.41) is 2.82. The van der Waals surface area contributed by atoms with E-state index in [1.807, 2.05) is 26.8 Å². The van der Waals surface area contributed by atoms with Gasteiger partial charge in [-0.05, 0) is 40.9 Å². The van der Waals surface area contributed by atoms with Gasteiger partial charge in [-0.3, -0.25) is 4.79 Å². The third-order valence-electron chi connectivity index (χ3n) is 2.60. The second-order valence-corrected chi connectivity index (χ2v) is 5.24. The summed E-state index contributed by atoms with van der Waals surface area (Å²) in [6, 6.07) is 3.51. The van der Waals surface area contributed by atoms with Gasteiger partial charge < -0.3 is 11.1 Å². The minimum Gasteiger partial charge on any atom is -0.327 e. The Morgan fingerprint density at radius 3 is 2.71 bits per heavy atom. The summed E-state index contributed by atoms with van der Waals surface area (Å²) < 4.78 is 0.756. The van der Waals surface area contributed by atoms with Crippen molar-refractivity contribution in [1.82, 2.24) is 4.98 Å². The molecule has 1 aromatic heterocycles. The topological polar surface area (TPSA) is 68.0 Å². The van der Waals surface area contributed by atoms with Crippen LogP contribution >= 0.6 is 15.9 Å². The van der Waals surface area contributed by atoms with Crippen LogP contribution in [0.1, 0.15) is 26.0 Å². The summed E-state index contributed by atoms with van der Waals surface area (Å²) in [5.74, 6) is 0.225. The van der Waals surface area contributed by atoms with Crippen molar-refractivity contribution in [3.8, 4) is 0 Å². The van der Waals surface area contributed by atoms with E-state index in [0.29, 0.717) is 12.3 Å². The summed E-state index contributed by atoms with van der Waals surface area (Å²) in [7, 11) is 0. The van der Waals surface area contributed by atoms with Gasteiger partial charge in [0.25, 0.3) is 0 Å². The first-order valence-electron chi connectivity index (χ1n) is 5.58. The van der Waals surface area contributed by atoms with E-state index in [-0.39, 0.29) is 11.9 Å². The van der Waals surface area contributed by atoms with E-state index in [1.54, 1.807) is 6.07 Å². The van der Waals surface area contributed by atoms with Gasteiger partial charge in [0.1, 0.15) is 4.60 Å². The van der Waals surface area contributed by atoms with Gasteiger partial charge >= 0.3 is 0 Å².